The molecule has 0 aliphatic heterocycles. The zero-order valence-corrected chi connectivity index (χ0v) is 15.1. The number of amides is 1. The molecule has 0 aliphatic rings. The predicted molar refractivity (Wildman–Crippen MR) is 103 cm³/mol. The lowest BCUT2D eigenvalue weighted by Gasteiger charge is -2.05. The van der Waals surface area contributed by atoms with Crippen LogP contribution in [0.2, 0.25) is 0 Å². The van der Waals surface area contributed by atoms with Gasteiger partial charge in [-0.1, -0.05) is 23.8 Å². The lowest BCUT2D eigenvalue weighted by Crippen LogP contribution is -2.15. The summed E-state index contributed by atoms with van der Waals surface area (Å²) >= 11 is 0. The molecular formula is C21H19FN4O. The highest BCUT2D eigenvalue weighted by molar-refractivity contribution is 6.06. The number of rotatable bonds is 4. The molecule has 0 saturated carbocycles. The second kappa shape index (κ2) is 6.72. The average Bonchev–Trinajstić information content (AvgIpc) is 3.19. The van der Waals surface area contributed by atoms with Gasteiger partial charge in [0.05, 0.1) is 18.4 Å². The Hall–Kier alpha value is -3.41. The number of carbonyl (C=O) groups excluding carboxylic acids is 1. The molecule has 1 amide bonds. The van der Waals surface area contributed by atoms with Crippen molar-refractivity contribution in [3.8, 4) is 0 Å². The first kappa shape index (κ1) is 17.0. The Balaban J connectivity index is 1.52. The summed E-state index contributed by atoms with van der Waals surface area (Å²) < 4.78 is 16.8. The number of fused-ring (bicyclic) bond motifs is 1. The zero-order chi connectivity index (χ0) is 19.0. The number of benzene rings is 2. The van der Waals surface area contributed by atoms with Crippen LogP contribution in [0.3, 0.4) is 0 Å². The molecule has 0 saturated heterocycles. The molecular weight excluding hydrogens is 343 g/mol. The third kappa shape index (κ3) is 3.46. The number of nitrogens with one attached hydrogen (secondary N) is 1. The Kier molecular flexibility index (Phi) is 4.24. The number of anilines is 1. The van der Waals surface area contributed by atoms with E-state index in [9.17, 15) is 9.18 Å². The number of carbonyl (C=O) groups is 1. The average molecular weight is 362 g/mol. The van der Waals surface area contributed by atoms with Gasteiger partial charge in [0, 0.05) is 24.1 Å². The first-order valence-electron chi connectivity index (χ1n) is 8.64. The molecule has 0 radical (unpaired) electrons. The summed E-state index contributed by atoms with van der Waals surface area (Å²) in [4.78, 5) is 12.7. The number of aromatic nitrogens is 3. The van der Waals surface area contributed by atoms with E-state index in [-0.39, 0.29) is 11.7 Å². The van der Waals surface area contributed by atoms with Crippen LogP contribution in [0.4, 0.5) is 10.1 Å². The van der Waals surface area contributed by atoms with Crippen molar-refractivity contribution in [2.45, 2.75) is 13.5 Å². The fraction of sp³-hybridized carbons (Fsp3) is 0.143. The minimum atomic E-state index is -0.279. The van der Waals surface area contributed by atoms with Crippen LogP contribution >= 0.6 is 0 Å². The molecule has 136 valence electrons. The van der Waals surface area contributed by atoms with Crippen LogP contribution in [0, 0.1) is 12.7 Å². The van der Waals surface area contributed by atoms with Crippen molar-refractivity contribution < 1.29 is 9.18 Å². The van der Waals surface area contributed by atoms with E-state index >= 15 is 0 Å². The first-order valence-corrected chi connectivity index (χ1v) is 8.64. The van der Waals surface area contributed by atoms with Crippen molar-refractivity contribution in [2.24, 2.45) is 7.05 Å². The fourth-order valence-corrected chi connectivity index (χ4v) is 3.22. The molecule has 1 N–H and O–H groups in total. The third-order valence-corrected chi connectivity index (χ3v) is 4.56. The normalized spacial score (nSPS) is 11.1. The lowest BCUT2D eigenvalue weighted by molar-refractivity contribution is 0.101. The SMILES string of the molecule is Cc1ccc2c(c1)cc(C(=O)Nc1cnn(Cc3cccc(F)c3)c1)n2C. The molecule has 0 atom stereocenters. The Morgan fingerprint density at radius 1 is 1.19 bits per heavy atom. The van der Waals surface area contributed by atoms with E-state index in [2.05, 4.69) is 16.5 Å². The Labute approximate surface area is 156 Å². The Morgan fingerprint density at radius 2 is 2.04 bits per heavy atom. The van der Waals surface area contributed by atoms with E-state index in [4.69, 9.17) is 0 Å². The van der Waals surface area contributed by atoms with Crippen molar-refractivity contribution in [3.63, 3.8) is 0 Å². The van der Waals surface area contributed by atoms with Gasteiger partial charge >= 0.3 is 0 Å². The number of halogens is 1. The van der Waals surface area contributed by atoms with Gasteiger partial charge in [-0.3, -0.25) is 9.48 Å². The number of aryl methyl sites for hydroxylation is 2. The first-order chi connectivity index (χ1) is 13.0. The summed E-state index contributed by atoms with van der Waals surface area (Å²) in [5.74, 6) is -0.476. The summed E-state index contributed by atoms with van der Waals surface area (Å²) in [5.41, 5.74) is 4.14. The Morgan fingerprint density at radius 3 is 2.85 bits per heavy atom. The van der Waals surface area contributed by atoms with Crippen molar-refractivity contribution in [3.05, 3.63) is 83.6 Å². The number of hydrogen-bond acceptors (Lipinski definition) is 2. The van der Waals surface area contributed by atoms with Crippen LogP contribution in [-0.2, 0) is 13.6 Å². The topological polar surface area (TPSA) is 51.9 Å². The molecule has 0 bridgehead atoms. The Bertz CT molecular complexity index is 1140. The van der Waals surface area contributed by atoms with E-state index in [0.717, 1.165) is 22.0 Å². The van der Waals surface area contributed by atoms with Crippen LogP contribution in [0.15, 0.2) is 60.9 Å². The quantitative estimate of drug-likeness (QED) is 0.594. The van der Waals surface area contributed by atoms with E-state index in [0.29, 0.717) is 17.9 Å². The lowest BCUT2D eigenvalue weighted by atomic mass is 10.2. The van der Waals surface area contributed by atoms with Gasteiger partial charge in [0.2, 0.25) is 0 Å². The van der Waals surface area contributed by atoms with Crippen LogP contribution in [0.25, 0.3) is 10.9 Å². The van der Waals surface area contributed by atoms with Gasteiger partial charge in [0.1, 0.15) is 11.5 Å². The summed E-state index contributed by atoms with van der Waals surface area (Å²) in [6.07, 6.45) is 3.32. The summed E-state index contributed by atoms with van der Waals surface area (Å²) in [5, 5.41) is 8.14. The highest BCUT2D eigenvalue weighted by Gasteiger charge is 2.14. The van der Waals surface area contributed by atoms with Gasteiger partial charge in [0.15, 0.2) is 0 Å². The highest BCUT2D eigenvalue weighted by Crippen LogP contribution is 2.21. The highest BCUT2D eigenvalue weighted by atomic mass is 19.1. The molecule has 0 unspecified atom stereocenters. The standard InChI is InChI=1S/C21H19FN4O/c1-14-6-7-19-16(8-14)10-20(25(19)2)21(27)24-18-11-23-26(13-18)12-15-4-3-5-17(22)9-15/h3-11,13H,12H2,1-2H3,(H,24,27). The summed E-state index contributed by atoms with van der Waals surface area (Å²) in [6, 6.07) is 14.4. The van der Waals surface area contributed by atoms with E-state index in [1.54, 1.807) is 23.1 Å². The minimum absolute atomic E-state index is 0.198. The number of nitrogens with zero attached hydrogens (tertiary/aromatic N) is 3. The summed E-state index contributed by atoms with van der Waals surface area (Å²) in [6.45, 7) is 2.46. The largest absolute Gasteiger partial charge is 0.340 e. The molecule has 27 heavy (non-hydrogen) atoms. The molecule has 6 heteroatoms. The monoisotopic (exact) mass is 362 g/mol. The molecule has 2 aromatic carbocycles. The van der Waals surface area contributed by atoms with Crippen LogP contribution in [0.1, 0.15) is 21.6 Å². The van der Waals surface area contributed by atoms with Crippen LogP contribution in [0.5, 0.6) is 0 Å². The van der Waals surface area contributed by atoms with Gasteiger partial charge in [-0.2, -0.15) is 5.10 Å². The third-order valence-electron chi connectivity index (χ3n) is 4.56. The van der Waals surface area contributed by atoms with Crippen LogP contribution < -0.4 is 5.32 Å². The fourth-order valence-electron chi connectivity index (χ4n) is 3.22. The second-order valence-electron chi connectivity index (χ2n) is 6.66. The van der Waals surface area contributed by atoms with Gasteiger partial charge in [-0.05, 0) is 42.8 Å². The van der Waals surface area contributed by atoms with Crippen molar-refractivity contribution in [1.82, 2.24) is 14.3 Å². The van der Waals surface area contributed by atoms with Crippen molar-refractivity contribution in [1.29, 1.82) is 0 Å². The second-order valence-corrected chi connectivity index (χ2v) is 6.66. The molecule has 4 aromatic rings. The molecule has 4 rings (SSSR count). The van der Waals surface area contributed by atoms with E-state index in [1.165, 1.54) is 12.1 Å². The maximum Gasteiger partial charge on any atom is 0.272 e. The van der Waals surface area contributed by atoms with E-state index in [1.807, 2.05) is 42.8 Å². The maximum atomic E-state index is 13.3. The van der Waals surface area contributed by atoms with Crippen molar-refractivity contribution in [2.75, 3.05) is 5.32 Å². The maximum absolute atomic E-state index is 13.3. The predicted octanol–water partition coefficient (Wildman–Crippen LogP) is 4.12. The molecule has 0 spiro atoms. The molecule has 0 fully saturated rings. The summed E-state index contributed by atoms with van der Waals surface area (Å²) in [7, 11) is 1.87. The smallest absolute Gasteiger partial charge is 0.272 e. The van der Waals surface area contributed by atoms with Gasteiger partial charge in [-0.15, -0.1) is 0 Å². The van der Waals surface area contributed by atoms with Gasteiger partial charge in [-0.25, -0.2) is 4.39 Å². The molecule has 5 nitrogen and oxygen atoms in total. The number of hydrogen-bond donors (Lipinski definition) is 1. The van der Waals surface area contributed by atoms with Gasteiger partial charge < -0.3 is 9.88 Å². The van der Waals surface area contributed by atoms with Crippen LogP contribution in [-0.4, -0.2) is 20.3 Å². The van der Waals surface area contributed by atoms with Gasteiger partial charge in [0.25, 0.3) is 5.91 Å². The molecule has 0 aliphatic carbocycles. The van der Waals surface area contributed by atoms with Crippen molar-refractivity contribution >= 4 is 22.5 Å². The minimum Gasteiger partial charge on any atom is -0.340 e. The molecule has 2 aromatic heterocycles. The zero-order valence-electron chi connectivity index (χ0n) is 15.1. The molecule has 2 heterocycles. The van der Waals surface area contributed by atoms with E-state index < -0.39 is 0 Å².